The number of hydrogen-bond acceptors (Lipinski definition) is 6. The van der Waals surface area contributed by atoms with Gasteiger partial charge in [-0.25, -0.2) is 8.42 Å². The fraction of sp³-hybridized carbons (Fsp3) is 0.438. The zero-order chi connectivity index (χ0) is 18.5. The van der Waals surface area contributed by atoms with Crippen LogP contribution in [-0.2, 0) is 10.0 Å². The van der Waals surface area contributed by atoms with E-state index >= 15 is 0 Å². The summed E-state index contributed by atoms with van der Waals surface area (Å²) in [5.41, 5.74) is 1.00. The van der Waals surface area contributed by atoms with Crippen molar-refractivity contribution in [3.63, 3.8) is 0 Å². The van der Waals surface area contributed by atoms with Crippen LogP contribution in [0.3, 0.4) is 0 Å². The number of phenolic OH excluding ortho intramolecular Hbond substituents is 1. The third-order valence-corrected chi connectivity index (χ3v) is 7.06. The second-order valence-corrected chi connectivity index (χ2v) is 8.57. The van der Waals surface area contributed by atoms with Gasteiger partial charge in [0.2, 0.25) is 10.0 Å². The number of carbonyl (C=O) groups is 1. The number of amides is 1. The number of H-pyrrole nitrogens is 1. The molecule has 2 bridgehead atoms. The summed E-state index contributed by atoms with van der Waals surface area (Å²) in [6.45, 7) is 2.39. The number of aromatic hydroxyl groups is 1. The molecule has 3 heterocycles. The van der Waals surface area contributed by atoms with Crippen LogP contribution >= 0.6 is 0 Å². The van der Waals surface area contributed by atoms with Gasteiger partial charge in [-0.1, -0.05) is 6.07 Å². The monoisotopic (exact) mass is 377 g/mol. The molecule has 138 valence electrons. The summed E-state index contributed by atoms with van der Waals surface area (Å²) in [5.74, 6) is -0.503. The molecule has 2 aliphatic heterocycles. The van der Waals surface area contributed by atoms with Crippen LogP contribution in [0, 0.1) is 6.92 Å². The van der Waals surface area contributed by atoms with Crippen molar-refractivity contribution in [2.45, 2.75) is 36.7 Å². The number of piperazine rings is 1. The minimum Gasteiger partial charge on any atom is -0.507 e. The normalized spacial score (nSPS) is 23.3. The second-order valence-electron chi connectivity index (χ2n) is 6.76. The molecule has 2 aromatic rings. The van der Waals surface area contributed by atoms with Gasteiger partial charge in [0.15, 0.2) is 5.69 Å². The molecule has 26 heavy (non-hydrogen) atoms. The highest BCUT2D eigenvalue weighted by molar-refractivity contribution is 7.89. The Kier molecular flexibility index (Phi) is 3.96. The molecule has 2 aliphatic rings. The van der Waals surface area contributed by atoms with Crippen molar-refractivity contribution >= 4 is 15.9 Å². The predicted octanol–water partition coefficient (Wildman–Crippen LogP) is 0.496. The van der Waals surface area contributed by atoms with E-state index in [1.807, 2.05) is 0 Å². The first-order chi connectivity index (χ1) is 12.4. The maximum absolute atomic E-state index is 13.1. The summed E-state index contributed by atoms with van der Waals surface area (Å²) in [4.78, 5) is 14.0. The average molecular weight is 377 g/mol. The number of sulfonamides is 1. The number of aromatic nitrogens is 3. The Morgan fingerprint density at radius 1 is 1.27 bits per heavy atom. The van der Waals surface area contributed by atoms with Crippen LogP contribution in [0.4, 0.5) is 0 Å². The van der Waals surface area contributed by atoms with Crippen LogP contribution in [0.15, 0.2) is 29.3 Å². The van der Waals surface area contributed by atoms with Crippen LogP contribution in [-0.4, -0.2) is 69.2 Å². The highest BCUT2D eigenvalue weighted by atomic mass is 32.2. The van der Waals surface area contributed by atoms with E-state index in [1.54, 1.807) is 17.9 Å². The van der Waals surface area contributed by atoms with E-state index in [4.69, 9.17) is 0 Å². The van der Waals surface area contributed by atoms with Crippen molar-refractivity contribution in [2.75, 3.05) is 13.1 Å². The van der Waals surface area contributed by atoms with Crippen LogP contribution in [0.25, 0.3) is 0 Å². The summed E-state index contributed by atoms with van der Waals surface area (Å²) in [7, 11) is -3.84. The Morgan fingerprint density at radius 3 is 2.54 bits per heavy atom. The Bertz CT molecular complexity index is 930. The van der Waals surface area contributed by atoms with Gasteiger partial charge >= 0.3 is 0 Å². The molecule has 1 amide bonds. The summed E-state index contributed by atoms with van der Waals surface area (Å²) in [6.07, 6.45) is 2.72. The molecule has 2 unspecified atom stereocenters. The van der Waals surface area contributed by atoms with Crippen molar-refractivity contribution < 1.29 is 18.3 Å². The molecule has 9 nitrogen and oxygen atoms in total. The van der Waals surface area contributed by atoms with E-state index in [0.717, 1.165) is 5.56 Å². The van der Waals surface area contributed by atoms with Gasteiger partial charge in [-0.05, 0) is 37.5 Å². The van der Waals surface area contributed by atoms with Crippen molar-refractivity contribution in [1.82, 2.24) is 24.6 Å². The topological polar surface area (TPSA) is 119 Å². The number of hydrogen-bond donors (Lipinski definition) is 2. The van der Waals surface area contributed by atoms with Gasteiger partial charge in [0.1, 0.15) is 10.6 Å². The zero-order valence-electron chi connectivity index (χ0n) is 14.2. The quantitative estimate of drug-likeness (QED) is 0.804. The number of fused-ring (bicyclic) bond motifs is 2. The van der Waals surface area contributed by atoms with Crippen molar-refractivity contribution in [1.29, 1.82) is 0 Å². The zero-order valence-corrected chi connectivity index (χ0v) is 15.0. The van der Waals surface area contributed by atoms with Gasteiger partial charge in [-0.15, -0.1) is 0 Å². The molecule has 4 rings (SSSR count). The number of aryl methyl sites for hydroxylation is 1. The number of aromatic amines is 1. The lowest BCUT2D eigenvalue weighted by atomic mass is 10.2. The standard InChI is InChI=1S/C16H19N5O4S/c1-10-2-5-15(14(22)6-10)26(24,25)21-11-3-4-12(21)9-20(8-11)16(23)13-7-17-19-18-13/h2,5-7,11-12,22H,3-4,8-9H2,1H3,(H,17,18,19). The van der Waals surface area contributed by atoms with Gasteiger partial charge < -0.3 is 10.0 Å². The Labute approximate surface area is 150 Å². The van der Waals surface area contributed by atoms with E-state index in [9.17, 15) is 18.3 Å². The molecule has 2 N–H and O–H groups in total. The molecule has 0 spiro atoms. The summed E-state index contributed by atoms with van der Waals surface area (Å²) in [5, 5.41) is 20.0. The average Bonchev–Trinajstić information content (AvgIpc) is 3.21. The molecule has 1 aromatic heterocycles. The smallest absolute Gasteiger partial charge is 0.276 e. The highest BCUT2D eigenvalue weighted by Crippen LogP contribution is 2.38. The lowest BCUT2D eigenvalue weighted by Crippen LogP contribution is -2.57. The van der Waals surface area contributed by atoms with Crippen molar-refractivity contribution in [3.8, 4) is 5.75 Å². The number of nitrogens with one attached hydrogen (secondary N) is 1. The molecular formula is C16H19N5O4S. The highest BCUT2D eigenvalue weighted by Gasteiger charge is 2.48. The number of nitrogens with zero attached hydrogens (tertiary/aromatic N) is 4. The van der Waals surface area contributed by atoms with Crippen LogP contribution in [0.5, 0.6) is 5.75 Å². The number of carbonyl (C=O) groups excluding carboxylic acids is 1. The second kappa shape index (κ2) is 6.06. The number of benzene rings is 1. The summed E-state index contributed by atoms with van der Waals surface area (Å²) < 4.78 is 27.7. The van der Waals surface area contributed by atoms with E-state index in [1.165, 1.54) is 22.6 Å². The van der Waals surface area contributed by atoms with Crippen molar-refractivity contribution in [2.24, 2.45) is 0 Å². The van der Waals surface area contributed by atoms with Crippen LogP contribution in [0.1, 0.15) is 28.9 Å². The number of rotatable bonds is 3. The Morgan fingerprint density at radius 2 is 1.96 bits per heavy atom. The maximum atomic E-state index is 13.1. The predicted molar refractivity (Wildman–Crippen MR) is 91.0 cm³/mol. The third-order valence-electron chi connectivity index (χ3n) is 5.01. The Balaban J connectivity index is 1.61. The van der Waals surface area contributed by atoms with Crippen molar-refractivity contribution in [3.05, 3.63) is 35.7 Å². The number of likely N-dealkylation sites (tertiary alicyclic amines) is 1. The van der Waals surface area contributed by atoms with Gasteiger partial charge in [-0.2, -0.15) is 19.7 Å². The number of phenols is 1. The molecule has 10 heteroatoms. The first-order valence-corrected chi connectivity index (χ1v) is 9.80. The third kappa shape index (κ3) is 2.65. The van der Waals surface area contributed by atoms with E-state index < -0.39 is 10.0 Å². The molecule has 2 atom stereocenters. The minimum atomic E-state index is -3.84. The molecule has 1 aromatic carbocycles. The van der Waals surface area contributed by atoms with E-state index in [0.29, 0.717) is 25.9 Å². The summed E-state index contributed by atoms with van der Waals surface area (Å²) >= 11 is 0. The molecule has 2 saturated heterocycles. The minimum absolute atomic E-state index is 0.0868. The van der Waals surface area contributed by atoms with Gasteiger partial charge in [0.05, 0.1) is 6.20 Å². The summed E-state index contributed by atoms with van der Waals surface area (Å²) in [6, 6.07) is 3.93. The van der Waals surface area contributed by atoms with E-state index in [-0.39, 0.29) is 34.3 Å². The lowest BCUT2D eigenvalue weighted by Gasteiger charge is -2.39. The SMILES string of the molecule is Cc1ccc(S(=O)(=O)N2C3CCC2CN(C(=O)c2cn[nH]n2)C3)c(O)c1. The fourth-order valence-corrected chi connectivity index (χ4v) is 5.77. The molecule has 0 aliphatic carbocycles. The largest absolute Gasteiger partial charge is 0.507 e. The first kappa shape index (κ1) is 17.0. The van der Waals surface area contributed by atoms with E-state index in [2.05, 4.69) is 15.4 Å². The maximum Gasteiger partial charge on any atom is 0.276 e. The Hall–Kier alpha value is -2.46. The fourth-order valence-electron chi connectivity index (χ4n) is 3.85. The molecule has 0 radical (unpaired) electrons. The first-order valence-electron chi connectivity index (χ1n) is 8.36. The molecule has 0 saturated carbocycles. The lowest BCUT2D eigenvalue weighted by molar-refractivity contribution is 0.0608. The van der Waals surface area contributed by atoms with Gasteiger partial charge in [-0.3, -0.25) is 4.79 Å². The molecular weight excluding hydrogens is 358 g/mol. The van der Waals surface area contributed by atoms with Crippen LogP contribution < -0.4 is 0 Å². The molecule has 2 fully saturated rings. The van der Waals surface area contributed by atoms with Gasteiger partial charge in [0, 0.05) is 25.2 Å². The van der Waals surface area contributed by atoms with Gasteiger partial charge in [0.25, 0.3) is 5.91 Å². The van der Waals surface area contributed by atoms with Crippen LogP contribution in [0.2, 0.25) is 0 Å².